The van der Waals surface area contributed by atoms with Crippen LogP contribution in [0.4, 0.5) is 5.69 Å². The van der Waals surface area contributed by atoms with Crippen molar-refractivity contribution in [3.8, 4) is 0 Å². The van der Waals surface area contributed by atoms with E-state index >= 15 is 0 Å². The van der Waals surface area contributed by atoms with Crippen LogP contribution in [0.15, 0.2) is 94.2 Å². The zero-order valence-corrected chi connectivity index (χ0v) is 19.7. The number of hydrogen-bond donors (Lipinski definition) is 0. The number of esters is 1. The molecule has 0 saturated heterocycles. The van der Waals surface area contributed by atoms with Crippen molar-refractivity contribution in [2.75, 3.05) is 4.31 Å². The summed E-state index contributed by atoms with van der Waals surface area (Å²) in [5.74, 6) is 0.267. The number of ether oxygens (including phenoxy) is 1. The summed E-state index contributed by atoms with van der Waals surface area (Å²) in [6.45, 7) is 3.57. The number of sulfonamides is 1. The van der Waals surface area contributed by atoms with Gasteiger partial charge in [-0.25, -0.2) is 18.2 Å². The Morgan fingerprint density at radius 1 is 0.941 bits per heavy atom. The molecule has 0 saturated carbocycles. The summed E-state index contributed by atoms with van der Waals surface area (Å²) in [5, 5.41) is 0. The second kappa shape index (κ2) is 9.93. The molecule has 7 nitrogen and oxygen atoms in total. The molecule has 0 radical (unpaired) electrons. The molecule has 8 heteroatoms. The highest BCUT2D eigenvalue weighted by Crippen LogP contribution is 2.26. The number of aryl methyl sites for hydroxylation is 2. The summed E-state index contributed by atoms with van der Waals surface area (Å²) in [5.41, 5.74) is 2.20. The first-order valence-electron chi connectivity index (χ1n) is 10.7. The molecule has 0 aliphatic rings. The molecule has 1 heterocycles. The quantitative estimate of drug-likeness (QED) is 0.331. The predicted molar refractivity (Wildman–Crippen MR) is 128 cm³/mol. The maximum atomic E-state index is 13.7. The Morgan fingerprint density at radius 3 is 2.26 bits per heavy atom. The van der Waals surface area contributed by atoms with Crippen LogP contribution in [0.25, 0.3) is 0 Å². The van der Waals surface area contributed by atoms with Crippen molar-refractivity contribution < 1.29 is 22.4 Å². The second-order valence-electron chi connectivity index (χ2n) is 7.69. The van der Waals surface area contributed by atoms with E-state index in [1.807, 2.05) is 36.4 Å². The largest absolute Gasteiger partial charge is 0.452 e. The number of carbonyl (C=O) groups excluding carboxylic acids is 1. The molecule has 174 valence electrons. The molecule has 4 rings (SSSR count). The van der Waals surface area contributed by atoms with Gasteiger partial charge in [0.1, 0.15) is 5.76 Å². The molecule has 0 atom stereocenters. The number of rotatable bonds is 8. The van der Waals surface area contributed by atoms with Crippen molar-refractivity contribution in [2.24, 2.45) is 0 Å². The molecule has 0 fully saturated rings. The third-order valence-corrected chi connectivity index (χ3v) is 7.04. The van der Waals surface area contributed by atoms with E-state index in [0.717, 1.165) is 11.3 Å². The summed E-state index contributed by atoms with van der Waals surface area (Å²) in [7, 11) is -3.98. The Hall–Kier alpha value is -3.91. The lowest BCUT2D eigenvalue weighted by Crippen LogP contribution is -2.30. The van der Waals surface area contributed by atoms with Crippen LogP contribution >= 0.6 is 0 Å². The summed E-state index contributed by atoms with van der Waals surface area (Å²) in [6.07, 6.45) is 0. The minimum absolute atomic E-state index is 0.00968. The molecular weight excluding hydrogens is 452 g/mol. The number of hydrogen-bond acceptors (Lipinski definition) is 6. The Labute approximate surface area is 198 Å². The van der Waals surface area contributed by atoms with Crippen LogP contribution in [0.3, 0.4) is 0 Å². The molecule has 0 unspecified atom stereocenters. The van der Waals surface area contributed by atoms with Gasteiger partial charge in [0.2, 0.25) is 5.89 Å². The molecule has 34 heavy (non-hydrogen) atoms. The Balaban J connectivity index is 1.60. The number of para-hydroxylation sites is 1. The van der Waals surface area contributed by atoms with Crippen LogP contribution in [0.1, 0.15) is 33.3 Å². The number of benzene rings is 3. The van der Waals surface area contributed by atoms with Crippen LogP contribution < -0.4 is 4.31 Å². The lowest BCUT2D eigenvalue weighted by atomic mass is 10.2. The molecule has 0 aliphatic heterocycles. The van der Waals surface area contributed by atoms with Crippen LogP contribution in [-0.4, -0.2) is 19.4 Å². The molecule has 4 aromatic rings. The summed E-state index contributed by atoms with van der Waals surface area (Å²) in [6, 6.07) is 24.0. The molecule has 0 aliphatic carbocycles. The molecule has 0 spiro atoms. The van der Waals surface area contributed by atoms with E-state index in [9.17, 15) is 13.2 Å². The number of aromatic nitrogens is 1. The first kappa shape index (κ1) is 23.3. The van der Waals surface area contributed by atoms with Crippen molar-refractivity contribution in [2.45, 2.75) is 31.9 Å². The smallest absolute Gasteiger partial charge is 0.338 e. The summed E-state index contributed by atoms with van der Waals surface area (Å²) >= 11 is 0. The van der Waals surface area contributed by atoms with Crippen molar-refractivity contribution in [1.29, 1.82) is 0 Å². The van der Waals surface area contributed by atoms with E-state index in [2.05, 4.69) is 4.98 Å². The second-order valence-corrected chi connectivity index (χ2v) is 9.55. The van der Waals surface area contributed by atoms with Gasteiger partial charge in [-0.05, 0) is 49.7 Å². The minimum atomic E-state index is -3.98. The minimum Gasteiger partial charge on any atom is -0.452 e. The van der Waals surface area contributed by atoms with Gasteiger partial charge >= 0.3 is 5.97 Å². The van der Waals surface area contributed by atoms with E-state index in [0.29, 0.717) is 11.4 Å². The van der Waals surface area contributed by atoms with Crippen molar-refractivity contribution >= 4 is 21.7 Å². The SMILES string of the molecule is Cc1nc(COC(=O)c2cccc(S(=O)(=O)N(Cc3ccccc3)c3ccccc3)c2)oc1C. The fraction of sp³-hybridized carbons (Fsp3) is 0.154. The maximum absolute atomic E-state index is 13.7. The van der Waals surface area contributed by atoms with Gasteiger partial charge in [0.25, 0.3) is 10.0 Å². The van der Waals surface area contributed by atoms with E-state index < -0.39 is 16.0 Å². The van der Waals surface area contributed by atoms with Gasteiger partial charge in [0.15, 0.2) is 6.61 Å². The number of oxazole rings is 1. The molecule has 0 N–H and O–H groups in total. The zero-order valence-electron chi connectivity index (χ0n) is 18.8. The van der Waals surface area contributed by atoms with Gasteiger partial charge in [-0.1, -0.05) is 54.6 Å². The maximum Gasteiger partial charge on any atom is 0.338 e. The van der Waals surface area contributed by atoms with Crippen molar-refractivity contribution in [1.82, 2.24) is 4.98 Å². The van der Waals surface area contributed by atoms with Crippen molar-refractivity contribution in [3.05, 3.63) is 113 Å². The predicted octanol–water partition coefficient (Wildman–Crippen LogP) is 5.04. The van der Waals surface area contributed by atoms with Gasteiger partial charge in [0.05, 0.1) is 28.4 Å². The molecule has 0 amide bonds. The Morgan fingerprint density at radius 2 is 1.62 bits per heavy atom. The average molecular weight is 477 g/mol. The standard InChI is InChI=1S/C26H24N2O5S/c1-19-20(2)33-25(27-19)18-32-26(29)22-12-9-15-24(16-22)34(30,31)28(23-13-7-4-8-14-23)17-21-10-5-3-6-11-21/h3-16H,17-18H2,1-2H3. The Kier molecular flexibility index (Phi) is 6.79. The number of nitrogens with zero attached hydrogens (tertiary/aromatic N) is 2. The Bertz CT molecular complexity index is 1360. The van der Waals surface area contributed by atoms with Gasteiger partial charge < -0.3 is 9.15 Å². The zero-order chi connectivity index (χ0) is 24.1. The third kappa shape index (κ3) is 5.18. The molecule has 0 bridgehead atoms. The van der Waals surface area contributed by atoms with Crippen LogP contribution in [-0.2, 0) is 27.9 Å². The van der Waals surface area contributed by atoms with Crippen LogP contribution in [0.2, 0.25) is 0 Å². The highest BCUT2D eigenvalue weighted by atomic mass is 32.2. The summed E-state index contributed by atoms with van der Waals surface area (Å²) in [4.78, 5) is 16.8. The van der Waals surface area contributed by atoms with E-state index in [1.54, 1.807) is 38.1 Å². The van der Waals surface area contributed by atoms with E-state index in [4.69, 9.17) is 9.15 Å². The number of anilines is 1. The van der Waals surface area contributed by atoms with Crippen molar-refractivity contribution in [3.63, 3.8) is 0 Å². The van der Waals surface area contributed by atoms with Gasteiger partial charge in [-0.2, -0.15) is 0 Å². The topological polar surface area (TPSA) is 89.7 Å². The fourth-order valence-corrected chi connectivity index (χ4v) is 4.88. The molecule has 3 aromatic carbocycles. The fourth-order valence-electron chi connectivity index (χ4n) is 3.38. The highest BCUT2D eigenvalue weighted by molar-refractivity contribution is 7.92. The van der Waals surface area contributed by atoms with Gasteiger partial charge in [0, 0.05) is 0 Å². The normalized spacial score (nSPS) is 11.2. The van der Waals surface area contributed by atoms with E-state index in [1.165, 1.54) is 28.6 Å². The number of carbonyl (C=O) groups is 1. The average Bonchev–Trinajstić information content (AvgIpc) is 3.19. The van der Waals surface area contributed by atoms with E-state index in [-0.39, 0.29) is 29.5 Å². The third-order valence-electron chi connectivity index (χ3n) is 5.27. The van der Waals surface area contributed by atoms with Crippen LogP contribution in [0, 0.1) is 13.8 Å². The first-order chi connectivity index (χ1) is 16.3. The first-order valence-corrected chi connectivity index (χ1v) is 12.1. The lowest BCUT2D eigenvalue weighted by Gasteiger charge is -2.25. The highest BCUT2D eigenvalue weighted by Gasteiger charge is 2.26. The monoisotopic (exact) mass is 476 g/mol. The molecule has 1 aromatic heterocycles. The van der Waals surface area contributed by atoms with Crippen LogP contribution in [0.5, 0.6) is 0 Å². The lowest BCUT2D eigenvalue weighted by molar-refractivity contribution is 0.0436. The molecular formula is C26H24N2O5S. The summed E-state index contributed by atoms with van der Waals surface area (Å²) < 4.78 is 39.4. The van der Waals surface area contributed by atoms with Gasteiger partial charge in [-0.3, -0.25) is 4.31 Å². The van der Waals surface area contributed by atoms with Gasteiger partial charge in [-0.15, -0.1) is 0 Å².